The largest absolute Gasteiger partial charge is 0.310 e. The molecule has 0 saturated heterocycles. The van der Waals surface area contributed by atoms with Crippen molar-refractivity contribution in [3.63, 3.8) is 0 Å². The lowest BCUT2D eigenvalue weighted by molar-refractivity contribution is 1.18. The van der Waals surface area contributed by atoms with Crippen LogP contribution >= 0.6 is 0 Å². The average molecular weight is 867 g/mol. The van der Waals surface area contributed by atoms with Crippen LogP contribution in [0.2, 0.25) is 0 Å². The van der Waals surface area contributed by atoms with Crippen molar-refractivity contribution in [2.24, 2.45) is 0 Å². The van der Waals surface area contributed by atoms with Crippen molar-refractivity contribution in [2.45, 2.75) is 0 Å². The Morgan fingerprint density at radius 3 is 1.31 bits per heavy atom. The minimum absolute atomic E-state index is 1.06. The summed E-state index contributed by atoms with van der Waals surface area (Å²) in [6.45, 7) is 0. The van der Waals surface area contributed by atoms with Gasteiger partial charge in [0, 0.05) is 33.4 Å². The number of benzene rings is 11. The van der Waals surface area contributed by atoms with E-state index in [0.717, 1.165) is 50.6 Å². The van der Waals surface area contributed by atoms with Crippen LogP contribution in [0, 0.1) is 0 Å². The molecule has 0 radical (unpaired) electrons. The van der Waals surface area contributed by atoms with E-state index in [1.807, 2.05) is 0 Å². The van der Waals surface area contributed by atoms with Crippen molar-refractivity contribution in [1.82, 2.24) is 4.57 Å². The zero-order chi connectivity index (χ0) is 45.2. The molecular formula is C66H46N2. The molecule has 0 bridgehead atoms. The minimum atomic E-state index is 1.06. The van der Waals surface area contributed by atoms with Crippen LogP contribution in [0.4, 0.5) is 17.1 Å². The minimum Gasteiger partial charge on any atom is -0.310 e. The lowest BCUT2D eigenvalue weighted by atomic mass is 9.88. The molecule has 0 spiro atoms. The number of para-hydroxylation sites is 3. The van der Waals surface area contributed by atoms with Crippen LogP contribution in [-0.4, -0.2) is 4.57 Å². The predicted molar refractivity (Wildman–Crippen MR) is 288 cm³/mol. The molecule has 0 aliphatic carbocycles. The van der Waals surface area contributed by atoms with E-state index in [1.165, 1.54) is 60.8 Å². The van der Waals surface area contributed by atoms with Crippen molar-refractivity contribution < 1.29 is 0 Å². The van der Waals surface area contributed by atoms with Gasteiger partial charge in [0.05, 0.1) is 16.7 Å². The molecular weight excluding hydrogens is 821 g/mol. The molecule has 0 atom stereocenters. The fraction of sp³-hybridized carbons (Fsp3) is 0. The second kappa shape index (κ2) is 17.8. The van der Waals surface area contributed by atoms with E-state index >= 15 is 0 Å². The zero-order valence-corrected chi connectivity index (χ0v) is 37.5. The summed E-state index contributed by atoms with van der Waals surface area (Å²) < 4.78 is 2.39. The van der Waals surface area contributed by atoms with E-state index < -0.39 is 0 Å². The van der Waals surface area contributed by atoms with Gasteiger partial charge in [-0.25, -0.2) is 0 Å². The summed E-state index contributed by atoms with van der Waals surface area (Å²) in [7, 11) is 0. The van der Waals surface area contributed by atoms with E-state index in [9.17, 15) is 0 Å². The van der Waals surface area contributed by atoms with Gasteiger partial charge in [0.2, 0.25) is 0 Å². The molecule has 0 unspecified atom stereocenters. The Balaban J connectivity index is 1.05. The summed E-state index contributed by atoms with van der Waals surface area (Å²) >= 11 is 0. The van der Waals surface area contributed by atoms with Crippen LogP contribution in [0.1, 0.15) is 0 Å². The van der Waals surface area contributed by atoms with Gasteiger partial charge in [-0.3, -0.25) is 0 Å². The van der Waals surface area contributed by atoms with Crippen molar-refractivity contribution >= 4 is 38.9 Å². The Bertz CT molecular complexity index is 3650. The van der Waals surface area contributed by atoms with Gasteiger partial charge in [-0.05, 0) is 122 Å². The molecule has 0 N–H and O–H groups in total. The summed E-state index contributed by atoms with van der Waals surface area (Å²) in [5.41, 5.74) is 20.8. The lowest BCUT2D eigenvalue weighted by Crippen LogP contribution is -2.12. The maximum Gasteiger partial charge on any atom is 0.0547 e. The molecule has 12 aromatic rings. The normalized spacial score (nSPS) is 11.2. The number of anilines is 3. The highest BCUT2D eigenvalue weighted by atomic mass is 15.1. The maximum atomic E-state index is 2.45. The van der Waals surface area contributed by atoms with Gasteiger partial charge in [0.25, 0.3) is 0 Å². The Labute approximate surface area is 397 Å². The molecule has 0 fully saturated rings. The number of hydrogen-bond donors (Lipinski definition) is 0. The van der Waals surface area contributed by atoms with Crippen LogP contribution in [0.5, 0.6) is 0 Å². The van der Waals surface area contributed by atoms with Gasteiger partial charge in [-0.2, -0.15) is 0 Å². The van der Waals surface area contributed by atoms with Crippen molar-refractivity contribution in [3.8, 4) is 72.4 Å². The molecule has 320 valence electrons. The summed E-state index contributed by atoms with van der Waals surface area (Å²) in [5, 5.41) is 2.49. The molecule has 1 heterocycles. The Morgan fingerprint density at radius 1 is 0.235 bits per heavy atom. The van der Waals surface area contributed by atoms with E-state index in [1.54, 1.807) is 0 Å². The molecule has 0 amide bonds. The third-order valence-corrected chi connectivity index (χ3v) is 13.2. The first-order valence-corrected chi connectivity index (χ1v) is 23.3. The standard InChI is InChI=1S/C66H46N2/c1-5-21-47(22-6-1)52-43-53(48-23-7-2-8-24-48)45-56(44-52)67(64-35-19-17-33-61(64)60-32-16-15-31-59(60)58-30-14-13-29-57(58)50-25-9-3-10-26-50)55-40-37-49(38-41-55)51-39-42-63-62-34-18-20-36-65(62)68(66(63)46-51)54-27-11-4-12-28-54/h1-46H. The predicted octanol–water partition coefficient (Wildman–Crippen LogP) is 18.3. The number of aromatic nitrogens is 1. The van der Waals surface area contributed by atoms with Gasteiger partial charge in [0.15, 0.2) is 0 Å². The second-order valence-corrected chi connectivity index (χ2v) is 17.3. The molecule has 68 heavy (non-hydrogen) atoms. The summed E-state index contributed by atoms with van der Waals surface area (Å²) in [4.78, 5) is 2.45. The van der Waals surface area contributed by atoms with Gasteiger partial charge < -0.3 is 9.47 Å². The first-order valence-electron chi connectivity index (χ1n) is 23.3. The molecule has 0 aliphatic heterocycles. The molecule has 2 heteroatoms. The third-order valence-electron chi connectivity index (χ3n) is 13.2. The Hall–Kier alpha value is -8.98. The first-order chi connectivity index (χ1) is 33.7. The second-order valence-electron chi connectivity index (χ2n) is 17.3. The lowest BCUT2D eigenvalue weighted by Gasteiger charge is -2.29. The zero-order valence-electron chi connectivity index (χ0n) is 37.5. The quantitative estimate of drug-likeness (QED) is 0.133. The van der Waals surface area contributed by atoms with E-state index in [-0.39, 0.29) is 0 Å². The Kier molecular flexibility index (Phi) is 10.6. The fourth-order valence-corrected chi connectivity index (χ4v) is 10.0. The number of nitrogens with zero attached hydrogens (tertiary/aromatic N) is 2. The molecule has 1 aromatic heterocycles. The van der Waals surface area contributed by atoms with Crippen molar-refractivity contribution in [3.05, 3.63) is 279 Å². The van der Waals surface area contributed by atoms with Crippen LogP contribution < -0.4 is 4.90 Å². The molecule has 0 saturated carbocycles. The SMILES string of the molecule is c1ccc(-c2cc(-c3ccccc3)cc(N(c3ccc(-c4ccc5c6ccccc6n(-c6ccccc6)c5c4)cc3)c3ccccc3-c3ccccc3-c3ccccc3-c3ccccc3)c2)cc1. The van der Waals surface area contributed by atoms with Gasteiger partial charge in [-0.1, -0.05) is 218 Å². The first kappa shape index (κ1) is 40.5. The summed E-state index contributed by atoms with van der Waals surface area (Å²) in [6, 6.07) is 101. The van der Waals surface area contributed by atoms with Gasteiger partial charge in [-0.15, -0.1) is 0 Å². The average Bonchev–Trinajstić information content (AvgIpc) is 3.76. The van der Waals surface area contributed by atoms with Crippen LogP contribution in [0.25, 0.3) is 94.3 Å². The smallest absolute Gasteiger partial charge is 0.0547 e. The number of hydrogen-bond acceptors (Lipinski definition) is 1. The highest BCUT2D eigenvalue weighted by Crippen LogP contribution is 2.47. The van der Waals surface area contributed by atoms with E-state index in [0.29, 0.717) is 0 Å². The topological polar surface area (TPSA) is 8.17 Å². The van der Waals surface area contributed by atoms with Crippen LogP contribution in [0.15, 0.2) is 279 Å². The van der Waals surface area contributed by atoms with E-state index in [4.69, 9.17) is 0 Å². The molecule has 11 aromatic carbocycles. The molecule has 0 aliphatic rings. The monoisotopic (exact) mass is 866 g/mol. The maximum absolute atomic E-state index is 2.45. The fourth-order valence-electron chi connectivity index (χ4n) is 10.0. The summed E-state index contributed by atoms with van der Waals surface area (Å²) in [6.07, 6.45) is 0. The third kappa shape index (κ3) is 7.54. The van der Waals surface area contributed by atoms with Crippen molar-refractivity contribution in [1.29, 1.82) is 0 Å². The molecule has 2 nitrogen and oxygen atoms in total. The van der Waals surface area contributed by atoms with E-state index in [2.05, 4.69) is 289 Å². The van der Waals surface area contributed by atoms with Crippen LogP contribution in [-0.2, 0) is 0 Å². The Morgan fingerprint density at radius 2 is 0.676 bits per heavy atom. The van der Waals surface area contributed by atoms with Crippen molar-refractivity contribution in [2.75, 3.05) is 4.90 Å². The van der Waals surface area contributed by atoms with Gasteiger partial charge >= 0.3 is 0 Å². The highest BCUT2D eigenvalue weighted by molar-refractivity contribution is 6.10. The van der Waals surface area contributed by atoms with Crippen LogP contribution in [0.3, 0.4) is 0 Å². The number of rotatable bonds is 10. The number of fused-ring (bicyclic) bond motifs is 3. The van der Waals surface area contributed by atoms with Gasteiger partial charge in [0.1, 0.15) is 0 Å². The summed E-state index contributed by atoms with van der Waals surface area (Å²) in [5.74, 6) is 0. The molecule has 12 rings (SSSR count). The highest BCUT2D eigenvalue weighted by Gasteiger charge is 2.22.